The smallest absolute Gasteiger partial charge is 0.0673 e. The van der Waals surface area contributed by atoms with Crippen molar-refractivity contribution in [2.45, 2.75) is 32.7 Å². The first-order valence-electron chi connectivity index (χ1n) is 7.07. The monoisotopic (exact) mass is 257 g/mol. The Kier molecular flexibility index (Phi) is 4.74. The maximum atomic E-state index is 4.56. The Morgan fingerprint density at radius 3 is 2.58 bits per heavy atom. The summed E-state index contributed by atoms with van der Waals surface area (Å²) in [5.41, 5.74) is 3.78. The number of nitrogens with zero attached hydrogens (tertiary/aromatic N) is 2. The Morgan fingerprint density at radius 1 is 1.21 bits per heavy atom. The molecule has 0 fully saturated rings. The topological polar surface area (TPSA) is 29.9 Å². The Labute approximate surface area is 115 Å². The Bertz CT molecular complexity index is 502. The van der Waals surface area contributed by atoms with E-state index in [0.29, 0.717) is 0 Å². The van der Waals surface area contributed by atoms with Gasteiger partial charge in [-0.3, -0.25) is 4.68 Å². The van der Waals surface area contributed by atoms with Crippen LogP contribution in [-0.4, -0.2) is 16.3 Å². The van der Waals surface area contributed by atoms with Crippen molar-refractivity contribution in [3.8, 4) is 0 Å². The molecule has 1 N–H and O–H groups in total. The van der Waals surface area contributed by atoms with Crippen molar-refractivity contribution in [2.75, 3.05) is 6.54 Å². The second-order valence-electron chi connectivity index (χ2n) is 4.86. The minimum absolute atomic E-state index is 0.241. The van der Waals surface area contributed by atoms with Crippen molar-refractivity contribution in [3.05, 3.63) is 53.3 Å². The molecule has 3 heteroatoms. The summed E-state index contributed by atoms with van der Waals surface area (Å²) in [6.07, 6.45) is 4.23. The van der Waals surface area contributed by atoms with E-state index in [0.717, 1.165) is 19.4 Å². The van der Waals surface area contributed by atoms with Crippen LogP contribution in [0.2, 0.25) is 0 Å². The SMILES string of the molecule is CCCNC(c1ccccc1)c1cn(C)nc1CC. The third kappa shape index (κ3) is 3.24. The van der Waals surface area contributed by atoms with Crippen LogP contribution in [0, 0.1) is 0 Å². The molecule has 0 aliphatic heterocycles. The number of aromatic nitrogens is 2. The van der Waals surface area contributed by atoms with Gasteiger partial charge < -0.3 is 5.32 Å². The quantitative estimate of drug-likeness (QED) is 0.862. The summed E-state index contributed by atoms with van der Waals surface area (Å²) in [7, 11) is 1.99. The second-order valence-corrected chi connectivity index (χ2v) is 4.86. The molecule has 0 radical (unpaired) electrons. The Morgan fingerprint density at radius 2 is 1.95 bits per heavy atom. The molecule has 0 saturated carbocycles. The van der Waals surface area contributed by atoms with Crippen LogP contribution < -0.4 is 5.32 Å². The van der Waals surface area contributed by atoms with Crippen LogP contribution in [0.4, 0.5) is 0 Å². The first kappa shape index (κ1) is 13.8. The van der Waals surface area contributed by atoms with Crippen molar-refractivity contribution >= 4 is 0 Å². The summed E-state index contributed by atoms with van der Waals surface area (Å²) in [6.45, 7) is 5.37. The van der Waals surface area contributed by atoms with Gasteiger partial charge in [-0.25, -0.2) is 0 Å². The molecule has 2 rings (SSSR count). The highest BCUT2D eigenvalue weighted by atomic mass is 15.3. The molecule has 1 heterocycles. The minimum Gasteiger partial charge on any atom is -0.306 e. The zero-order valence-corrected chi connectivity index (χ0v) is 12.1. The normalized spacial score (nSPS) is 12.6. The lowest BCUT2D eigenvalue weighted by atomic mass is 9.98. The highest BCUT2D eigenvalue weighted by molar-refractivity contribution is 5.33. The molecular formula is C16H23N3. The molecule has 1 atom stereocenters. The zero-order valence-electron chi connectivity index (χ0n) is 12.1. The molecule has 0 bridgehead atoms. The number of aryl methyl sites for hydroxylation is 2. The summed E-state index contributed by atoms with van der Waals surface area (Å²) in [6, 6.07) is 10.9. The minimum atomic E-state index is 0.241. The van der Waals surface area contributed by atoms with Gasteiger partial charge in [0.15, 0.2) is 0 Å². The van der Waals surface area contributed by atoms with Crippen molar-refractivity contribution in [3.63, 3.8) is 0 Å². The van der Waals surface area contributed by atoms with E-state index < -0.39 is 0 Å². The van der Waals surface area contributed by atoms with E-state index in [-0.39, 0.29) is 6.04 Å². The van der Waals surface area contributed by atoms with Crippen molar-refractivity contribution in [2.24, 2.45) is 7.05 Å². The second kappa shape index (κ2) is 6.53. The van der Waals surface area contributed by atoms with Gasteiger partial charge in [-0.15, -0.1) is 0 Å². The number of nitrogens with one attached hydrogen (secondary N) is 1. The van der Waals surface area contributed by atoms with Crippen molar-refractivity contribution < 1.29 is 0 Å². The van der Waals surface area contributed by atoms with Crippen LogP contribution in [0.5, 0.6) is 0 Å². The van der Waals surface area contributed by atoms with Gasteiger partial charge in [0.1, 0.15) is 0 Å². The first-order chi connectivity index (χ1) is 9.26. The van der Waals surface area contributed by atoms with E-state index in [1.807, 2.05) is 11.7 Å². The van der Waals surface area contributed by atoms with Gasteiger partial charge in [0.25, 0.3) is 0 Å². The summed E-state index contributed by atoms with van der Waals surface area (Å²) < 4.78 is 1.91. The first-order valence-corrected chi connectivity index (χ1v) is 7.07. The van der Waals surface area contributed by atoms with Crippen LogP contribution in [-0.2, 0) is 13.5 Å². The molecule has 1 aromatic carbocycles. The average molecular weight is 257 g/mol. The largest absolute Gasteiger partial charge is 0.306 e. The standard InChI is InChI=1S/C16H23N3/c1-4-11-17-16(13-9-7-6-8-10-13)14-12-19(3)18-15(14)5-2/h6-10,12,16-17H,4-5,11H2,1-3H3. The lowest BCUT2D eigenvalue weighted by molar-refractivity contribution is 0.594. The van der Waals surface area contributed by atoms with E-state index in [2.05, 4.69) is 60.8 Å². The van der Waals surface area contributed by atoms with Gasteiger partial charge in [0, 0.05) is 18.8 Å². The van der Waals surface area contributed by atoms with Crippen molar-refractivity contribution in [1.82, 2.24) is 15.1 Å². The molecule has 1 unspecified atom stereocenters. The summed E-state index contributed by atoms with van der Waals surface area (Å²) in [4.78, 5) is 0. The van der Waals surface area contributed by atoms with Gasteiger partial charge >= 0.3 is 0 Å². The van der Waals surface area contributed by atoms with Gasteiger partial charge in [-0.05, 0) is 24.9 Å². The Hall–Kier alpha value is -1.61. The van der Waals surface area contributed by atoms with E-state index in [9.17, 15) is 0 Å². The fraction of sp³-hybridized carbons (Fsp3) is 0.438. The van der Waals surface area contributed by atoms with E-state index in [4.69, 9.17) is 0 Å². The fourth-order valence-electron chi connectivity index (χ4n) is 2.41. The van der Waals surface area contributed by atoms with Crippen LogP contribution in [0.15, 0.2) is 36.5 Å². The molecular weight excluding hydrogens is 234 g/mol. The maximum Gasteiger partial charge on any atom is 0.0673 e. The molecule has 3 nitrogen and oxygen atoms in total. The van der Waals surface area contributed by atoms with Gasteiger partial charge in [-0.1, -0.05) is 44.2 Å². The molecule has 19 heavy (non-hydrogen) atoms. The third-order valence-corrected chi connectivity index (χ3v) is 3.31. The molecule has 0 amide bonds. The maximum absolute atomic E-state index is 4.56. The number of rotatable bonds is 6. The zero-order chi connectivity index (χ0) is 13.7. The predicted molar refractivity (Wildman–Crippen MR) is 79.2 cm³/mol. The Balaban J connectivity index is 2.36. The van der Waals surface area contributed by atoms with E-state index in [1.165, 1.54) is 16.8 Å². The molecule has 102 valence electrons. The highest BCUT2D eigenvalue weighted by Crippen LogP contribution is 2.24. The molecule has 0 aliphatic rings. The lowest BCUT2D eigenvalue weighted by Crippen LogP contribution is -2.23. The van der Waals surface area contributed by atoms with Gasteiger partial charge in [0.2, 0.25) is 0 Å². The third-order valence-electron chi connectivity index (χ3n) is 3.31. The molecule has 1 aromatic heterocycles. The summed E-state index contributed by atoms with van der Waals surface area (Å²) in [5.74, 6) is 0. The number of benzene rings is 1. The molecule has 0 spiro atoms. The molecule has 2 aromatic rings. The number of hydrogen-bond donors (Lipinski definition) is 1. The summed E-state index contributed by atoms with van der Waals surface area (Å²) in [5, 5.41) is 8.20. The molecule has 0 aliphatic carbocycles. The number of hydrogen-bond acceptors (Lipinski definition) is 2. The molecule has 0 saturated heterocycles. The lowest BCUT2D eigenvalue weighted by Gasteiger charge is -2.19. The van der Waals surface area contributed by atoms with Crippen LogP contribution in [0.3, 0.4) is 0 Å². The highest BCUT2D eigenvalue weighted by Gasteiger charge is 2.18. The van der Waals surface area contributed by atoms with Crippen LogP contribution in [0.25, 0.3) is 0 Å². The van der Waals surface area contributed by atoms with Gasteiger partial charge in [0.05, 0.1) is 11.7 Å². The average Bonchev–Trinajstić information content (AvgIpc) is 2.81. The van der Waals surface area contributed by atoms with E-state index in [1.54, 1.807) is 0 Å². The van der Waals surface area contributed by atoms with E-state index >= 15 is 0 Å². The van der Waals surface area contributed by atoms with Gasteiger partial charge in [-0.2, -0.15) is 5.10 Å². The predicted octanol–water partition coefficient (Wildman–Crippen LogP) is 3.07. The fourth-order valence-corrected chi connectivity index (χ4v) is 2.41. The van der Waals surface area contributed by atoms with Crippen LogP contribution in [0.1, 0.15) is 43.1 Å². The van der Waals surface area contributed by atoms with Crippen LogP contribution >= 0.6 is 0 Å². The van der Waals surface area contributed by atoms with Crippen molar-refractivity contribution in [1.29, 1.82) is 0 Å². The summed E-state index contributed by atoms with van der Waals surface area (Å²) >= 11 is 0.